The molecule has 0 saturated heterocycles. The molecule has 0 fully saturated rings. The standard InChI is InChI=1S/C16H12ClFN2O4/c17-9-4-3-5-10(18)14(9)16(22)20-19-15(21)13-8-23-11-6-1-2-7-12(11)24-13/h1-7,13H,8H2,(H,19,21)(H,20,22)/t13-/m0/s1. The van der Waals surface area contributed by atoms with Gasteiger partial charge in [0, 0.05) is 0 Å². The number of hydrogen-bond acceptors (Lipinski definition) is 4. The molecule has 0 radical (unpaired) electrons. The summed E-state index contributed by atoms with van der Waals surface area (Å²) in [5.41, 5.74) is 3.91. The molecular formula is C16H12ClFN2O4. The lowest BCUT2D eigenvalue weighted by atomic mass is 10.2. The SMILES string of the molecule is O=C(NNC(=O)[C@@H]1COc2ccccc2O1)c1c(F)cccc1Cl. The molecule has 1 atom stereocenters. The monoisotopic (exact) mass is 350 g/mol. The molecule has 24 heavy (non-hydrogen) atoms. The number of carbonyl (C=O) groups excluding carboxylic acids is 2. The lowest BCUT2D eigenvalue weighted by Crippen LogP contribution is -2.51. The van der Waals surface area contributed by atoms with Crippen molar-refractivity contribution in [1.29, 1.82) is 0 Å². The Morgan fingerprint density at radius 3 is 2.58 bits per heavy atom. The highest BCUT2D eigenvalue weighted by molar-refractivity contribution is 6.33. The number of para-hydroxylation sites is 2. The summed E-state index contributed by atoms with van der Waals surface area (Å²) in [5.74, 6) is -1.34. The number of hydrogen-bond donors (Lipinski definition) is 2. The second-order valence-electron chi connectivity index (χ2n) is 4.90. The number of nitrogens with one attached hydrogen (secondary N) is 2. The Labute approximate surface area is 141 Å². The van der Waals surface area contributed by atoms with Gasteiger partial charge in [0.25, 0.3) is 11.8 Å². The molecule has 2 aromatic carbocycles. The number of ether oxygens (including phenoxy) is 2. The van der Waals surface area contributed by atoms with E-state index in [2.05, 4.69) is 10.9 Å². The molecule has 3 rings (SSSR count). The summed E-state index contributed by atoms with van der Waals surface area (Å²) < 4.78 is 24.5. The van der Waals surface area contributed by atoms with Crippen LogP contribution in [0, 0.1) is 5.82 Å². The molecule has 0 unspecified atom stereocenters. The van der Waals surface area contributed by atoms with Crippen LogP contribution >= 0.6 is 11.6 Å². The van der Waals surface area contributed by atoms with Gasteiger partial charge in [-0.1, -0.05) is 29.8 Å². The first-order chi connectivity index (χ1) is 11.6. The van der Waals surface area contributed by atoms with E-state index in [1.165, 1.54) is 12.1 Å². The predicted molar refractivity (Wildman–Crippen MR) is 83.4 cm³/mol. The van der Waals surface area contributed by atoms with Crippen LogP contribution in [0.3, 0.4) is 0 Å². The molecule has 1 heterocycles. The van der Waals surface area contributed by atoms with Crippen LogP contribution in [0.2, 0.25) is 5.02 Å². The van der Waals surface area contributed by atoms with Gasteiger partial charge < -0.3 is 9.47 Å². The number of amides is 2. The normalized spacial score (nSPS) is 15.5. The van der Waals surface area contributed by atoms with Crippen LogP contribution < -0.4 is 20.3 Å². The van der Waals surface area contributed by atoms with E-state index in [0.29, 0.717) is 11.5 Å². The van der Waals surface area contributed by atoms with Gasteiger partial charge in [0.15, 0.2) is 11.5 Å². The van der Waals surface area contributed by atoms with Crippen LogP contribution in [0.15, 0.2) is 42.5 Å². The summed E-state index contributed by atoms with van der Waals surface area (Å²) in [6, 6.07) is 10.7. The topological polar surface area (TPSA) is 76.7 Å². The van der Waals surface area contributed by atoms with Gasteiger partial charge >= 0.3 is 0 Å². The highest BCUT2D eigenvalue weighted by Crippen LogP contribution is 2.30. The molecule has 0 bridgehead atoms. The molecule has 0 spiro atoms. The van der Waals surface area contributed by atoms with Crippen molar-refractivity contribution >= 4 is 23.4 Å². The molecule has 6 nitrogen and oxygen atoms in total. The lowest BCUT2D eigenvalue weighted by molar-refractivity contribution is -0.131. The molecule has 1 aliphatic heterocycles. The first-order valence-corrected chi connectivity index (χ1v) is 7.37. The quantitative estimate of drug-likeness (QED) is 0.813. The molecule has 1 aliphatic rings. The summed E-state index contributed by atoms with van der Waals surface area (Å²) in [5, 5.41) is -0.0621. The van der Waals surface area contributed by atoms with Crippen LogP contribution in [0.25, 0.3) is 0 Å². The maximum Gasteiger partial charge on any atom is 0.283 e. The zero-order valence-electron chi connectivity index (χ0n) is 12.2. The van der Waals surface area contributed by atoms with Crippen LogP contribution in [-0.4, -0.2) is 24.5 Å². The average Bonchev–Trinajstić information content (AvgIpc) is 2.59. The molecule has 2 N–H and O–H groups in total. The van der Waals surface area contributed by atoms with E-state index in [-0.39, 0.29) is 17.2 Å². The Bertz CT molecular complexity index is 779. The number of hydrazine groups is 1. The van der Waals surface area contributed by atoms with Crippen molar-refractivity contribution in [2.75, 3.05) is 6.61 Å². The molecular weight excluding hydrogens is 339 g/mol. The molecule has 124 valence electrons. The highest BCUT2D eigenvalue weighted by atomic mass is 35.5. The Balaban J connectivity index is 1.61. The van der Waals surface area contributed by atoms with Crippen molar-refractivity contribution in [3.05, 3.63) is 58.9 Å². The van der Waals surface area contributed by atoms with Gasteiger partial charge in [-0.15, -0.1) is 0 Å². The number of benzene rings is 2. The van der Waals surface area contributed by atoms with Gasteiger partial charge in [-0.25, -0.2) is 4.39 Å². The minimum absolute atomic E-state index is 0.0147. The van der Waals surface area contributed by atoms with Crippen molar-refractivity contribution in [3.63, 3.8) is 0 Å². The molecule has 0 aliphatic carbocycles. The van der Waals surface area contributed by atoms with E-state index in [1.807, 2.05) is 0 Å². The zero-order valence-corrected chi connectivity index (χ0v) is 13.0. The van der Waals surface area contributed by atoms with Gasteiger partial charge in [-0.05, 0) is 24.3 Å². The first-order valence-electron chi connectivity index (χ1n) is 6.99. The fraction of sp³-hybridized carbons (Fsp3) is 0.125. The van der Waals surface area contributed by atoms with Crippen LogP contribution in [0.4, 0.5) is 4.39 Å². The van der Waals surface area contributed by atoms with E-state index in [9.17, 15) is 14.0 Å². The fourth-order valence-corrected chi connectivity index (χ4v) is 2.37. The third-order valence-electron chi connectivity index (χ3n) is 3.29. The number of fused-ring (bicyclic) bond motifs is 1. The van der Waals surface area contributed by atoms with E-state index in [4.69, 9.17) is 21.1 Å². The van der Waals surface area contributed by atoms with Crippen LogP contribution in [-0.2, 0) is 4.79 Å². The first kappa shape index (κ1) is 16.1. The Kier molecular flexibility index (Phi) is 4.52. The van der Waals surface area contributed by atoms with E-state index < -0.39 is 23.7 Å². The minimum atomic E-state index is -0.948. The molecule has 0 saturated carbocycles. The van der Waals surface area contributed by atoms with Gasteiger partial charge in [-0.3, -0.25) is 20.4 Å². The highest BCUT2D eigenvalue weighted by Gasteiger charge is 2.28. The molecule has 2 aromatic rings. The molecule has 8 heteroatoms. The Morgan fingerprint density at radius 1 is 1.08 bits per heavy atom. The van der Waals surface area contributed by atoms with Gasteiger partial charge in [-0.2, -0.15) is 0 Å². The molecule has 2 amide bonds. The van der Waals surface area contributed by atoms with Gasteiger partial charge in [0.05, 0.1) is 10.6 Å². The maximum atomic E-state index is 13.6. The summed E-state index contributed by atoms with van der Waals surface area (Å²) >= 11 is 5.79. The summed E-state index contributed by atoms with van der Waals surface area (Å²) in [6.07, 6.45) is -0.948. The second-order valence-corrected chi connectivity index (χ2v) is 5.31. The fourth-order valence-electron chi connectivity index (χ4n) is 2.12. The maximum absolute atomic E-state index is 13.6. The Hall–Kier alpha value is -2.80. The third kappa shape index (κ3) is 3.26. The minimum Gasteiger partial charge on any atom is -0.485 e. The summed E-state index contributed by atoms with van der Waals surface area (Å²) in [7, 11) is 0. The number of halogens is 2. The van der Waals surface area contributed by atoms with E-state index >= 15 is 0 Å². The predicted octanol–water partition coefficient (Wildman–Crippen LogP) is 2.08. The summed E-state index contributed by atoms with van der Waals surface area (Å²) in [4.78, 5) is 24.0. The van der Waals surface area contributed by atoms with Crippen molar-refractivity contribution in [3.8, 4) is 11.5 Å². The smallest absolute Gasteiger partial charge is 0.283 e. The van der Waals surface area contributed by atoms with Crippen molar-refractivity contribution in [2.45, 2.75) is 6.10 Å². The van der Waals surface area contributed by atoms with Crippen LogP contribution in [0.1, 0.15) is 10.4 Å². The average molecular weight is 351 g/mol. The van der Waals surface area contributed by atoms with Gasteiger partial charge in [0.1, 0.15) is 12.4 Å². The number of rotatable bonds is 2. The Morgan fingerprint density at radius 2 is 1.83 bits per heavy atom. The van der Waals surface area contributed by atoms with Crippen molar-refractivity contribution in [1.82, 2.24) is 10.9 Å². The van der Waals surface area contributed by atoms with E-state index in [0.717, 1.165) is 6.07 Å². The lowest BCUT2D eigenvalue weighted by Gasteiger charge is -2.25. The largest absolute Gasteiger partial charge is 0.485 e. The zero-order chi connectivity index (χ0) is 17.1. The molecule has 0 aromatic heterocycles. The second kappa shape index (κ2) is 6.76. The van der Waals surface area contributed by atoms with Crippen molar-refractivity contribution < 1.29 is 23.5 Å². The number of carbonyl (C=O) groups is 2. The van der Waals surface area contributed by atoms with E-state index in [1.54, 1.807) is 24.3 Å². The van der Waals surface area contributed by atoms with Crippen LogP contribution in [0.5, 0.6) is 11.5 Å². The summed E-state index contributed by atoms with van der Waals surface area (Å²) in [6.45, 7) is -0.0147. The third-order valence-corrected chi connectivity index (χ3v) is 3.61. The van der Waals surface area contributed by atoms with Gasteiger partial charge in [0.2, 0.25) is 6.10 Å². The van der Waals surface area contributed by atoms with Crippen molar-refractivity contribution in [2.24, 2.45) is 0 Å².